The second kappa shape index (κ2) is 9.26. The molecule has 0 saturated heterocycles. The molecule has 0 amide bonds. The van der Waals surface area contributed by atoms with Gasteiger partial charge in [0.1, 0.15) is 17.7 Å². The lowest BCUT2D eigenvalue weighted by molar-refractivity contribution is 0.645. The molecule has 3 aromatic rings. The van der Waals surface area contributed by atoms with Crippen molar-refractivity contribution in [2.45, 2.75) is 31.7 Å². The predicted molar refractivity (Wildman–Crippen MR) is 145 cm³/mol. The molecule has 170 valence electrons. The van der Waals surface area contributed by atoms with Gasteiger partial charge in [-0.2, -0.15) is 10.5 Å². The summed E-state index contributed by atoms with van der Waals surface area (Å²) in [6.45, 7) is 4.61. The first-order chi connectivity index (χ1) is 17.0. The first kappa shape index (κ1) is 22.7. The average molecular weight is 472 g/mol. The van der Waals surface area contributed by atoms with Gasteiger partial charge in [-0.3, -0.25) is 0 Å². The van der Waals surface area contributed by atoms with E-state index in [4.69, 9.17) is 10.5 Å². The number of nitriles is 2. The van der Waals surface area contributed by atoms with Crippen LogP contribution in [-0.4, -0.2) is 6.04 Å². The summed E-state index contributed by atoms with van der Waals surface area (Å²) in [5.74, 6) is 0. The number of hydrogen-bond acceptors (Lipinski definition) is 4. The molecule has 0 bridgehead atoms. The molecule has 1 unspecified atom stereocenters. The molecule has 0 spiro atoms. The summed E-state index contributed by atoms with van der Waals surface area (Å²) >= 11 is 1.77. The molecule has 3 nitrogen and oxygen atoms in total. The Morgan fingerprint density at radius 2 is 1.63 bits per heavy atom. The van der Waals surface area contributed by atoms with Crippen LogP contribution in [0.1, 0.15) is 35.6 Å². The zero-order chi connectivity index (χ0) is 24.4. The van der Waals surface area contributed by atoms with E-state index in [1.165, 1.54) is 33.0 Å². The summed E-state index contributed by atoms with van der Waals surface area (Å²) in [5, 5.41) is 17.9. The Bertz CT molecular complexity index is 1400. The number of allylic oxidation sites excluding steroid dienone is 5. The van der Waals surface area contributed by atoms with Crippen LogP contribution in [0.25, 0.3) is 11.6 Å². The largest absolute Gasteiger partial charge is 0.334 e. The number of rotatable bonds is 5. The van der Waals surface area contributed by atoms with Crippen LogP contribution in [0.4, 0.5) is 11.4 Å². The fourth-order valence-electron chi connectivity index (χ4n) is 4.99. The van der Waals surface area contributed by atoms with Crippen LogP contribution in [0.3, 0.4) is 0 Å². The molecule has 1 aromatic heterocycles. The van der Waals surface area contributed by atoms with Gasteiger partial charge in [-0.15, -0.1) is 11.3 Å². The minimum absolute atomic E-state index is 0.0955. The number of benzene rings is 2. The highest BCUT2D eigenvalue weighted by molar-refractivity contribution is 7.14. The predicted octanol–water partition coefficient (Wildman–Crippen LogP) is 7.95. The summed E-state index contributed by atoms with van der Waals surface area (Å²) in [7, 11) is 0. The molecule has 0 aliphatic heterocycles. The molecule has 5 rings (SSSR count). The van der Waals surface area contributed by atoms with Crippen LogP contribution in [0.5, 0.6) is 0 Å². The third-order valence-corrected chi connectivity index (χ3v) is 7.85. The van der Waals surface area contributed by atoms with Gasteiger partial charge in [-0.25, -0.2) is 0 Å². The van der Waals surface area contributed by atoms with Crippen molar-refractivity contribution in [3.63, 3.8) is 0 Å². The highest BCUT2D eigenvalue weighted by Gasteiger charge is 2.42. The minimum atomic E-state index is -0.0955. The summed E-state index contributed by atoms with van der Waals surface area (Å²) in [6.07, 6.45) is 11.1. The maximum absolute atomic E-state index is 8.93. The van der Waals surface area contributed by atoms with Gasteiger partial charge in [-0.1, -0.05) is 68.5 Å². The van der Waals surface area contributed by atoms with Crippen LogP contribution < -0.4 is 4.90 Å². The Morgan fingerprint density at radius 3 is 2.23 bits per heavy atom. The standard InChI is InChI=1S/C31H25N3S/c1-31(2)28-18-25(34(23-11-5-3-6-12-23)24-13-7-4-8-14-24)16-17-27(28)30-29(31)19-26(35-30)15-9-10-22(20-32)21-33/h3-15,17-19,25H,16H2,1-2H3/b15-9+. The van der Waals surface area contributed by atoms with E-state index in [1.54, 1.807) is 23.5 Å². The fraction of sp³-hybridized carbons (Fsp3) is 0.161. The quantitative estimate of drug-likeness (QED) is 0.280. The molecule has 2 aliphatic carbocycles. The summed E-state index contributed by atoms with van der Waals surface area (Å²) in [4.78, 5) is 4.90. The molecule has 35 heavy (non-hydrogen) atoms. The number of nitrogens with zero attached hydrogens (tertiary/aromatic N) is 3. The summed E-state index contributed by atoms with van der Waals surface area (Å²) in [5.41, 5.74) is 6.47. The molecule has 1 heterocycles. The van der Waals surface area contributed by atoms with Crippen LogP contribution in [0, 0.1) is 22.7 Å². The van der Waals surface area contributed by atoms with E-state index >= 15 is 0 Å². The molecule has 2 aliphatic rings. The Morgan fingerprint density at radius 1 is 1.00 bits per heavy atom. The van der Waals surface area contributed by atoms with Gasteiger partial charge in [0.15, 0.2) is 0 Å². The second-order valence-electron chi connectivity index (χ2n) is 9.22. The average Bonchev–Trinajstić information content (AvgIpc) is 3.40. The Labute approximate surface area is 210 Å². The van der Waals surface area contributed by atoms with Gasteiger partial charge >= 0.3 is 0 Å². The molecule has 2 aromatic carbocycles. The maximum atomic E-state index is 8.93. The SMILES string of the molecule is CC1(C)C2=CC(N(c3ccccc3)c3ccccc3)CC=C2c2sc(/C=C/C=C(C#N)C#N)cc21. The van der Waals surface area contributed by atoms with Gasteiger partial charge in [0.05, 0.1) is 6.04 Å². The van der Waals surface area contributed by atoms with Crippen molar-refractivity contribution in [2.75, 3.05) is 4.90 Å². The van der Waals surface area contributed by atoms with Crippen LogP contribution in [0.15, 0.2) is 102 Å². The normalized spacial score (nSPS) is 17.4. The Balaban J connectivity index is 1.49. The first-order valence-corrected chi connectivity index (χ1v) is 12.5. The third kappa shape index (κ3) is 4.14. The number of thiophene rings is 1. The van der Waals surface area contributed by atoms with E-state index in [2.05, 4.69) is 97.6 Å². The number of hydrogen-bond donors (Lipinski definition) is 0. The lowest BCUT2D eigenvalue weighted by atomic mass is 9.79. The van der Waals surface area contributed by atoms with Crippen LogP contribution in [-0.2, 0) is 5.41 Å². The topological polar surface area (TPSA) is 50.8 Å². The number of fused-ring (bicyclic) bond motifs is 3. The molecular formula is C31H25N3S. The Kier molecular flexibility index (Phi) is 6.00. The molecule has 0 radical (unpaired) electrons. The molecule has 0 N–H and O–H groups in total. The van der Waals surface area contributed by atoms with E-state index in [9.17, 15) is 0 Å². The van der Waals surface area contributed by atoms with Crippen molar-refractivity contribution in [3.05, 3.63) is 117 Å². The van der Waals surface area contributed by atoms with Crippen molar-refractivity contribution < 1.29 is 0 Å². The van der Waals surface area contributed by atoms with Crippen LogP contribution >= 0.6 is 11.3 Å². The number of para-hydroxylation sites is 2. The van der Waals surface area contributed by atoms with E-state index in [0.29, 0.717) is 0 Å². The molecular weight excluding hydrogens is 446 g/mol. The second-order valence-corrected chi connectivity index (χ2v) is 10.3. The van der Waals surface area contributed by atoms with Crippen molar-refractivity contribution >= 4 is 34.4 Å². The highest BCUT2D eigenvalue weighted by atomic mass is 32.1. The zero-order valence-electron chi connectivity index (χ0n) is 19.8. The van der Waals surface area contributed by atoms with Gasteiger partial charge in [-0.05, 0) is 65.6 Å². The van der Waals surface area contributed by atoms with Gasteiger partial charge in [0.25, 0.3) is 0 Å². The molecule has 0 fully saturated rings. The number of anilines is 2. The summed E-state index contributed by atoms with van der Waals surface area (Å²) in [6, 6.07) is 27.5. The van der Waals surface area contributed by atoms with Gasteiger partial charge < -0.3 is 4.90 Å². The van der Waals surface area contributed by atoms with Crippen LogP contribution in [0.2, 0.25) is 0 Å². The fourth-order valence-corrected chi connectivity index (χ4v) is 6.27. The van der Waals surface area contributed by atoms with E-state index < -0.39 is 0 Å². The molecule has 4 heteroatoms. The first-order valence-electron chi connectivity index (χ1n) is 11.7. The maximum Gasteiger partial charge on any atom is 0.129 e. The van der Waals surface area contributed by atoms with Gasteiger partial charge in [0, 0.05) is 26.5 Å². The van der Waals surface area contributed by atoms with Crippen molar-refractivity contribution in [1.29, 1.82) is 10.5 Å². The third-order valence-electron chi connectivity index (χ3n) is 6.72. The minimum Gasteiger partial charge on any atom is -0.334 e. The Hall–Kier alpha value is -4.12. The summed E-state index contributed by atoms with van der Waals surface area (Å²) < 4.78 is 0. The molecule has 1 atom stereocenters. The van der Waals surface area contributed by atoms with E-state index in [-0.39, 0.29) is 17.0 Å². The highest BCUT2D eigenvalue weighted by Crippen LogP contribution is 2.55. The lowest BCUT2D eigenvalue weighted by Crippen LogP contribution is -2.32. The zero-order valence-corrected chi connectivity index (χ0v) is 20.6. The van der Waals surface area contributed by atoms with Crippen molar-refractivity contribution in [1.82, 2.24) is 0 Å². The van der Waals surface area contributed by atoms with Gasteiger partial charge in [0.2, 0.25) is 0 Å². The smallest absolute Gasteiger partial charge is 0.129 e. The lowest BCUT2D eigenvalue weighted by Gasteiger charge is -2.35. The monoisotopic (exact) mass is 471 g/mol. The van der Waals surface area contributed by atoms with Crippen molar-refractivity contribution in [3.8, 4) is 12.1 Å². The molecule has 0 saturated carbocycles. The van der Waals surface area contributed by atoms with E-state index in [0.717, 1.165) is 11.3 Å². The van der Waals surface area contributed by atoms with Crippen molar-refractivity contribution in [2.24, 2.45) is 0 Å². The van der Waals surface area contributed by atoms with E-state index in [1.807, 2.05) is 18.2 Å².